The first-order valence-corrected chi connectivity index (χ1v) is 7.28. The number of benzene rings is 2. The molecule has 5 nitrogen and oxygen atoms in total. The standard InChI is InChI=1S/C19H17NO4/c1-13(21)20-17-5-3-4-16(12-17)18(22)11-8-14-6-9-15(10-7-14)19(23)24-2/h3-12H,1-2H3,(H,20,21)/b11-8+. The minimum Gasteiger partial charge on any atom is -0.465 e. The van der Waals surface area contributed by atoms with E-state index in [-0.39, 0.29) is 11.7 Å². The van der Waals surface area contributed by atoms with Crippen molar-refractivity contribution in [3.8, 4) is 0 Å². The molecule has 0 heterocycles. The van der Waals surface area contributed by atoms with Crippen molar-refractivity contribution in [1.82, 2.24) is 0 Å². The van der Waals surface area contributed by atoms with Gasteiger partial charge in [-0.3, -0.25) is 9.59 Å². The second-order valence-corrected chi connectivity index (χ2v) is 5.07. The van der Waals surface area contributed by atoms with E-state index in [1.165, 1.54) is 20.1 Å². The number of hydrogen-bond donors (Lipinski definition) is 1. The van der Waals surface area contributed by atoms with Gasteiger partial charge < -0.3 is 10.1 Å². The Morgan fingerprint density at radius 1 is 1.00 bits per heavy atom. The van der Waals surface area contributed by atoms with Gasteiger partial charge in [-0.2, -0.15) is 0 Å². The lowest BCUT2D eigenvalue weighted by Crippen LogP contribution is -2.06. The van der Waals surface area contributed by atoms with Crippen LogP contribution in [-0.4, -0.2) is 24.8 Å². The van der Waals surface area contributed by atoms with E-state index in [9.17, 15) is 14.4 Å². The van der Waals surface area contributed by atoms with Crippen molar-refractivity contribution >= 4 is 29.4 Å². The predicted octanol–water partition coefficient (Wildman–Crippen LogP) is 3.33. The van der Waals surface area contributed by atoms with Crippen LogP contribution in [0, 0.1) is 0 Å². The van der Waals surface area contributed by atoms with E-state index in [0.717, 1.165) is 5.56 Å². The predicted molar refractivity (Wildman–Crippen MR) is 91.9 cm³/mol. The molecule has 0 aromatic heterocycles. The van der Waals surface area contributed by atoms with Crippen LogP contribution in [0.15, 0.2) is 54.6 Å². The normalized spacial score (nSPS) is 10.4. The van der Waals surface area contributed by atoms with E-state index < -0.39 is 5.97 Å². The molecule has 5 heteroatoms. The van der Waals surface area contributed by atoms with Gasteiger partial charge in [0.25, 0.3) is 0 Å². The van der Waals surface area contributed by atoms with Crippen molar-refractivity contribution in [2.75, 3.05) is 12.4 Å². The molecule has 2 rings (SSSR count). The van der Waals surface area contributed by atoms with Crippen LogP contribution >= 0.6 is 0 Å². The number of methoxy groups -OCH3 is 1. The summed E-state index contributed by atoms with van der Waals surface area (Å²) in [6.45, 7) is 1.41. The highest BCUT2D eigenvalue weighted by Crippen LogP contribution is 2.13. The largest absolute Gasteiger partial charge is 0.465 e. The van der Waals surface area contributed by atoms with Gasteiger partial charge in [-0.15, -0.1) is 0 Å². The van der Waals surface area contributed by atoms with Gasteiger partial charge >= 0.3 is 5.97 Å². The number of carbonyl (C=O) groups excluding carboxylic acids is 3. The lowest BCUT2D eigenvalue weighted by atomic mass is 10.1. The lowest BCUT2D eigenvalue weighted by Gasteiger charge is -2.03. The summed E-state index contributed by atoms with van der Waals surface area (Å²) in [6.07, 6.45) is 3.11. The van der Waals surface area contributed by atoms with Gasteiger partial charge in [-0.25, -0.2) is 4.79 Å². The van der Waals surface area contributed by atoms with Crippen LogP contribution < -0.4 is 5.32 Å². The van der Waals surface area contributed by atoms with Crippen LogP contribution in [-0.2, 0) is 9.53 Å². The van der Waals surface area contributed by atoms with Gasteiger partial charge in [0.15, 0.2) is 5.78 Å². The summed E-state index contributed by atoms with van der Waals surface area (Å²) in [5, 5.41) is 2.64. The van der Waals surface area contributed by atoms with Crippen LogP contribution in [0.1, 0.15) is 33.2 Å². The number of allylic oxidation sites excluding steroid dienone is 1. The number of rotatable bonds is 5. The summed E-state index contributed by atoms with van der Waals surface area (Å²) >= 11 is 0. The first-order valence-electron chi connectivity index (χ1n) is 7.28. The van der Waals surface area contributed by atoms with Crippen molar-refractivity contribution in [3.05, 3.63) is 71.3 Å². The summed E-state index contributed by atoms with van der Waals surface area (Å²) in [4.78, 5) is 34.6. The van der Waals surface area contributed by atoms with Gasteiger partial charge in [0, 0.05) is 18.2 Å². The topological polar surface area (TPSA) is 72.5 Å². The SMILES string of the molecule is COC(=O)c1ccc(/C=C/C(=O)c2cccc(NC(C)=O)c2)cc1. The maximum absolute atomic E-state index is 12.2. The van der Waals surface area contributed by atoms with Gasteiger partial charge in [-0.05, 0) is 35.9 Å². The molecular formula is C19H17NO4. The highest BCUT2D eigenvalue weighted by atomic mass is 16.5. The van der Waals surface area contributed by atoms with Crippen LogP contribution in [0.5, 0.6) is 0 Å². The van der Waals surface area contributed by atoms with E-state index in [1.807, 2.05) is 0 Å². The molecule has 0 bridgehead atoms. The van der Waals surface area contributed by atoms with E-state index >= 15 is 0 Å². The monoisotopic (exact) mass is 323 g/mol. The number of hydrogen-bond acceptors (Lipinski definition) is 4. The van der Waals surface area contributed by atoms with Crippen molar-refractivity contribution in [2.24, 2.45) is 0 Å². The molecule has 0 aliphatic heterocycles. The van der Waals surface area contributed by atoms with E-state index in [2.05, 4.69) is 10.1 Å². The quantitative estimate of drug-likeness (QED) is 0.520. The Morgan fingerprint density at radius 3 is 2.33 bits per heavy atom. The molecule has 0 aliphatic rings. The van der Waals surface area contributed by atoms with Crippen molar-refractivity contribution in [2.45, 2.75) is 6.92 Å². The maximum atomic E-state index is 12.2. The smallest absolute Gasteiger partial charge is 0.337 e. The Bertz CT molecular complexity index is 791. The fourth-order valence-electron chi connectivity index (χ4n) is 2.07. The first-order chi connectivity index (χ1) is 11.5. The molecule has 0 unspecified atom stereocenters. The van der Waals surface area contributed by atoms with Crippen LogP contribution in [0.2, 0.25) is 0 Å². The fraction of sp³-hybridized carbons (Fsp3) is 0.105. The Kier molecular flexibility index (Phi) is 5.63. The second kappa shape index (κ2) is 7.87. The summed E-state index contributed by atoms with van der Waals surface area (Å²) < 4.78 is 4.63. The molecule has 0 spiro atoms. The van der Waals surface area contributed by atoms with E-state index in [0.29, 0.717) is 16.8 Å². The minimum absolute atomic E-state index is 0.181. The van der Waals surface area contributed by atoms with Crippen molar-refractivity contribution in [3.63, 3.8) is 0 Å². The number of esters is 1. The van der Waals surface area contributed by atoms with Gasteiger partial charge in [0.05, 0.1) is 12.7 Å². The fourth-order valence-corrected chi connectivity index (χ4v) is 2.07. The molecule has 0 aliphatic carbocycles. The number of amides is 1. The Labute approximate surface area is 140 Å². The zero-order valence-electron chi connectivity index (χ0n) is 13.4. The van der Waals surface area contributed by atoms with Crippen molar-refractivity contribution < 1.29 is 19.1 Å². The number of nitrogens with one attached hydrogen (secondary N) is 1. The first kappa shape index (κ1) is 17.1. The molecule has 0 atom stereocenters. The Morgan fingerprint density at radius 2 is 1.71 bits per heavy atom. The number of ketones is 1. The zero-order valence-corrected chi connectivity index (χ0v) is 13.4. The van der Waals surface area contributed by atoms with Crippen molar-refractivity contribution in [1.29, 1.82) is 0 Å². The molecular weight excluding hydrogens is 306 g/mol. The molecule has 0 fully saturated rings. The van der Waals surface area contributed by atoms with E-state index in [1.54, 1.807) is 54.6 Å². The second-order valence-electron chi connectivity index (χ2n) is 5.07. The average Bonchev–Trinajstić information content (AvgIpc) is 2.59. The van der Waals surface area contributed by atoms with Gasteiger partial charge in [0.2, 0.25) is 5.91 Å². The third kappa shape index (κ3) is 4.64. The number of anilines is 1. The Balaban J connectivity index is 2.10. The van der Waals surface area contributed by atoms with Crippen LogP contribution in [0.4, 0.5) is 5.69 Å². The zero-order chi connectivity index (χ0) is 17.5. The molecule has 2 aromatic carbocycles. The summed E-state index contributed by atoms with van der Waals surface area (Å²) in [5.41, 5.74) is 2.28. The molecule has 24 heavy (non-hydrogen) atoms. The van der Waals surface area contributed by atoms with E-state index in [4.69, 9.17) is 0 Å². The lowest BCUT2D eigenvalue weighted by molar-refractivity contribution is -0.114. The number of ether oxygens (including phenoxy) is 1. The third-order valence-electron chi connectivity index (χ3n) is 3.23. The highest BCUT2D eigenvalue weighted by Gasteiger charge is 2.05. The Hall–Kier alpha value is -3.21. The third-order valence-corrected chi connectivity index (χ3v) is 3.23. The average molecular weight is 323 g/mol. The van der Waals surface area contributed by atoms with Crippen LogP contribution in [0.25, 0.3) is 6.08 Å². The molecule has 0 saturated heterocycles. The number of carbonyl (C=O) groups is 3. The molecule has 0 radical (unpaired) electrons. The van der Waals surface area contributed by atoms with Crippen LogP contribution in [0.3, 0.4) is 0 Å². The maximum Gasteiger partial charge on any atom is 0.337 e. The summed E-state index contributed by atoms with van der Waals surface area (Å²) in [7, 11) is 1.32. The molecule has 1 N–H and O–H groups in total. The summed E-state index contributed by atoms with van der Waals surface area (Å²) in [6, 6.07) is 13.4. The molecule has 1 amide bonds. The molecule has 122 valence electrons. The van der Waals surface area contributed by atoms with Gasteiger partial charge in [-0.1, -0.05) is 30.3 Å². The molecule has 0 saturated carbocycles. The summed E-state index contributed by atoms with van der Waals surface area (Å²) in [5.74, 6) is -0.781. The highest BCUT2D eigenvalue weighted by molar-refractivity contribution is 6.07. The molecule has 2 aromatic rings. The van der Waals surface area contributed by atoms with Gasteiger partial charge in [0.1, 0.15) is 0 Å². The minimum atomic E-state index is -0.406.